The van der Waals surface area contributed by atoms with Crippen LogP contribution in [0.5, 0.6) is 0 Å². The van der Waals surface area contributed by atoms with Crippen LogP contribution in [0.3, 0.4) is 0 Å². The number of benzene rings is 2. The van der Waals surface area contributed by atoms with Crippen LogP contribution in [0.4, 0.5) is 0 Å². The first kappa shape index (κ1) is 28.5. The van der Waals surface area contributed by atoms with Gasteiger partial charge in [0.15, 0.2) is 0 Å². The fourth-order valence-electron chi connectivity index (χ4n) is 5.83. The van der Waals surface area contributed by atoms with E-state index in [2.05, 4.69) is 20.0 Å². The number of hydrogen-bond donors (Lipinski definition) is 2. The summed E-state index contributed by atoms with van der Waals surface area (Å²) >= 11 is 13.0. The van der Waals surface area contributed by atoms with Crippen molar-refractivity contribution in [2.45, 2.75) is 56.3 Å². The number of sulfonamides is 1. The molecule has 2 amide bonds. The Balaban J connectivity index is 1.65. The molecule has 3 aromatic rings. The molecule has 4 atom stereocenters. The van der Waals surface area contributed by atoms with Gasteiger partial charge in [-0.1, -0.05) is 60.3 Å². The minimum absolute atomic E-state index is 0.0923. The minimum atomic E-state index is -3.56. The maximum atomic E-state index is 14.3. The number of halogens is 2. The monoisotopic (exact) mass is 601 g/mol. The van der Waals surface area contributed by atoms with Gasteiger partial charge in [0.25, 0.3) is 5.91 Å². The van der Waals surface area contributed by atoms with Gasteiger partial charge < -0.3 is 10.2 Å². The Hall–Kier alpha value is -3.05. The van der Waals surface area contributed by atoms with Crippen LogP contribution in [0, 0.1) is 0 Å². The molecule has 12 heteroatoms. The highest BCUT2D eigenvalue weighted by Crippen LogP contribution is 2.47. The lowest BCUT2D eigenvalue weighted by Gasteiger charge is -2.49. The normalized spacial score (nSPS) is 23.0. The maximum absolute atomic E-state index is 14.3. The van der Waals surface area contributed by atoms with Crippen molar-refractivity contribution in [1.82, 2.24) is 24.9 Å². The van der Waals surface area contributed by atoms with Crippen LogP contribution in [0.25, 0.3) is 0 Å². The number of fused-ring (bicyclic) bond motifs is 1. The third-order valence-corrected chi connectivity index (χ3v) is 8.73. The van der Waals surface area contributed by atoms with Crippen LogP contribution in [-0.4, -0.2) is 53.4 Å². The summed E-state index contributed by atoms with van der Waals surface area (Å²) in [5.74, 6) is -1.03. The highest BCUT2D eigenvalue weighted by atomic mass is 35.5. The Kier molecular flexibility index (Phi) is 8.42. The number of nitrogens with zero attached hydrogens (tertiary/aromatic N) is 3. The maximum Gasteiger partial charge on any atom is 0.255 e. The van der Waals surface area contributed by atoms with Gasteiger partial charge in [0.1, 0.15) is 5.82 Å². The van der Waals surface area contributed by atoms with Crippen LogP contribution in [0.15, 0.2) is 60.9 Å². The van der Waals surface area contributed by atoms with Crippen LogP contribution < -0.4 is 10.0 Å². The molecular weight excluding hydrogens is 573 g/mol. The number of nitrogens with one attached hydrogen (secondary N) is 2. The molecule has 0 spiro atoms. The van der Waals surface area contributed by atoms with Gasteiger partial charge >= 0.3 is 0 Å². The van der Waals surface area contributed by atoms with E-state index in [0.29, 0.717) is 45.4 Å². The Morgan fingerprint density at radius 3 is 2.48 bits per heavy atom. The van der Waals surface area contributed by atoms with Crippen molar-refractivity contribution in [2.24, 2.45) is 0 Å². The fraction of sp³-hybridized carbons (Fsp3) is 0.357. The van der Waals surface area contributed by atoms with Crippen molar-refractivity contribution < 1.29 is 18.0 Å². The Bertz CT molecular complexity index is 1520. The van der Waals surface area contributed by atoms with Gasteiger partial charge in [-0.15, -0.1) is 0 Å². The molecular formula is C28H29Cl2N5O4S. The topological polar surface area (TPSA) is 121 Å². The summed E-state index contributed by atoms with van der Waals surface area (Å²) in [6.45, 7) is 0.0923. The molecule has 1 aliphatic carbocycles. The van der Waals surface area contributed by atoms with E-state index in [4.69, 9.17) is 23.2 Å². The number of amides is 2. The zero-order valence-corrected chi connectivity index (χ0v) is 24.1. The molecule has 0 saturated heterocycles. The smallest absolute Gasteiger partial charge is 0.255 e. The quantitative estimate of drug-likeness (QED) is 0.418. The van der Waals surface area contributed by atoms with E-state index in [9.17, 15) is 18.0 Å². The van der Waals surface area contributed by atoms with E-state index in [1.54, 1.807) is 65.8 Å². The summed E-state index contributed by atoms with van der Waals surface area (Å²) < 4.78 is 27.4. The largest absolute Gasteiger partial charge is 0.348 e. The van der Waals surface area contributed by atoms with Gasteiger partial charge in [0.05, 0.1) is 24.8 Å². The van der Waals surface area contributed by atoms with Crippen molar-refractivity contribution in [2.75, 3.05) is 6.26 Å². The number of rotatable bonds is 7. The van der Waals surface area contributed by atoms with Gasteiger partial charge in [-0.25, -0.2) is 23.1 Å². The number of carbonyl (C=O) groups excluding carboxylic acids is 2. The predicted molar refractivity (Wildman–Crippen MR) is 152 cm³/mol. The SMILES string of the molecule is CS(=O)(=O)N[C@H]1CCCC[C@@H]1N1C(=O)c2ccccc2[C@@H](C(=O)NCc2ncccn2)[C@@H]1c1ccc(Cl)cc1Cl. The van der Waals surface area contributed by atoms with E-state index in [1.807, 2.05) is 0 Å². The van der Waals surface area contributed by atoms with E-state index >= 15 is 0 Å². The third-order valence-electron chi connectivity index (χ3n) is 7.43. The van der Waals surface area contributed by atoms with E-state index in [0.717, 1.165) is 19.1 Å². The first-order valence-electron chi connectivity index (χ1n) is 13.0. The Morgan fingerprint density at radius 1 is 1.02 bits per heavy atom. The summed E-state index contributed by atoms with van der Waals surface area (Å²) in [4.78, 5) is 38.4. The highest BCUT2D eigenvalue weighted by molar-refractivity contribution is 7.88. The summed E-state index contributed by atoms with van der Waals surface area (Å²) in [6, 6.07) is 11.8. The fourth-order valence-corrected chi connectivity index (χ4v) is 7.17. The molecule has 2 aliphatic rings. The molecule has 1 saturated carbocycles. The summed E-state index contributed by atoms with van der Waals surface area (Å²) in [6.07, 6.45) is 7.05. The average Bonchev–Trinajstić information content (AvgIpc) is 2.92. The molecule has 2 N–H and O–H groups in total. The van der Waals surface area contributed by atoms with Crippen LogP contribution in [0.2, 0.25) is 10.0 Å². The number of aromatic nitrogens is 2. The van der Waals surface area contributed by atoms with Crippen molar-refractivity contribution >= 4 is 45.0 Å². The lowest BCUT2D eigenvalue weighted by atomic mass is 9.76. The van der Waals surface area contributed by atoms with Crippen LogP contribution in [0.1, 0.15) is 65.0 Å². The van der Waals surface area contributed by atoms with Gasteiger partial charge in [-0.05, 0) is 48.2 Å². The molecule has 210 valence electrons. The number of hydrogen-bond acceptors (Lipinski definition) is 6. The molecule has 5 rings (SSSR count). The van der Waals surface area contributed by atoms with E-state index in [-0.39, 0.29) is 18.4 Å². The van der Waals surface area contributed by atoms with Gasteiger partial charge in [0, 0.05) is 40.1 Å². The molecule has 0 unspecified atom stereocenters. The molecule has 0 bridgehead atoms. The Morgan fingerprint density at radius 2 is 1.75 bits per heavy atom. The summed E-state index contributed by atoms with van der Waals surface area (Å²) in [5, 5.41) is 3.67. The second-order valence-electron chi connectivity index (χ2n) is 10.1. The average molecular weight is 603 g/mol. The second-order valence-corrected chi connectivity index (χ2v) is 12.7. The standard InChI is InChI=1S/C28H29Cl2N5O4S/c1-40(38,39)34-22-9-4-5-10-23(22)35-26(20-12-11-17(29)15-21(20)30)25(18-7-2-3-8-19(18)28(35)37)27(36)33-16-24-31-13-6-14-32-24/h2-3,6-8,11-15,22-23,25-26,34H,4-5,9-10,16H2,1H3,(H,33,36)/t22-,23-,25+,26-/m0/s1. The summed E-state index contributed by atoms with van der Waals surface area (Å²) in [5.41, 5.74) is 1.51. The van der Waals surface area contributed by atoms with Crippen molar-refractivity contribution in [3.8, 4) is 0 Å². The lowest BCUT2D eigenvalue weighted by molar-refractivity contribution is -0.124. The summed E-state index contributed by atoms with van der Waals surface area (Å²) in [7, 11) is -3.56. The molecule has 0 radical (unpaired) electrons. The molecule has 1 aromatic heterocycles. The second kappa shape index (κ2) is 11.8. The zero-order valence-electron chi connectivity index (χ0n) is 21.8. The van der Waals surface area contributed by atoms with Gasteiger partial charge in [-0.3, -0.25) is 9.59 Å². The minimum Gasteiger partial charge on any atom is -0.348 e. The molecule has 9 nitrogen and oxygen atoms in total. The molecule has 2 heterocycles. The molecule has 1 aliphatic heterocycles. The third kappa shape index (κ3) is 6.00. The van der Waals surface area contributed by atoms with E-state index < -0.39 is 34.1 Å². The van der Waals surface area contributed by atoms with Crippen LogP contribution in [-0.2, 0) is 21.4 Å². The molecule has 2 aromatic carbocycles. The highest BCUT2D eigenvalue weighted by Gasteiger charge is 2.49. The first-order chi connectivity index (χ1) is 19.1. The first-order valence-corrected chi connectivity index (χ1v) is 15.7. The van der Waals surface area contributed by atoms with Crippen molar-refractivity contribution in [3.63, 3.8) is 0 Å². The molecule has 40 heavy (non-hydrogen) atoms. The lowest BCUT2D eigenvalue weighted by Crippen LogP contribution is -2.59. The number of carbonyl (C=O) groups is 2. The molecule has 1 fully saturated rings. The van der Waals surface area contributed by atoms with Crippen molar-refractivity contribution in [3.05, 3.63) is 93.5 Å². The van der Waals surface area contributed by atoms with Gasteiger partial charge in [-0.2, -0.15) is 0 Å². The predicted octanol–water partition coefficient (Wildman–Crippen LogP) is 4.24. The zero-order chi connectivity index (χ0) is 28.4. The Labute approximate surface area is 243 Å². The van der Waals surface area contributed by atoms with Gasteiger partial charge in [0.2, 0.25) is 15.9 Å². The van der Waals surface area contributed by atoms with Crippen LogP contribution >= 0.6 is 23.2 Å². The van der Waals surface area contributed by atoms with Crippen molar-refractivity contribution in [1.29, 1.82) is 0 Å². The van der Waals surface area contributed by atoms with E-state index in [1.165, 1.54) is 0 Å².